The molecule has 0 saturated heterocycles. The smallest absolute Gasteiger partial charge is 1.00 e. The molecule has 0 nitrogen and oxygen atoms in total. The molecular weight excluding hydrogens is 147 g/mol. The molecule has 4 heavy (non-hydrogen) atoms. The molecule has 4 heteroatoms. The minimum Gasteiger partial charge on any atom is -1.00 e. The van der Waals surface area contributed by atoms with E-state index in [1.54, 1.807) is 0 Å². The maximum atomic E-state index is 0. The van der Waals surface area contributed by atoms with Gasteiger partial charge < -0.3 is 2.85 Å². The molecule has 0 atom stereocenters. The van der Waals surface area contributed by atoms with Crippen LogP contribution in [0.15, 0.2) is 0 Å². The van der Waals surface area contributed by atoms with Crippen LogP contribution in [0.4, 0.5) is 0 Å². The van der Waals surface area contributed by atoms with Gasteiger partial charge in [-0.1, -0.05) is 0 Å². The minimum atomic E-state index is 0. The molecule has 0 aliphatic heterocycles. The summed E-state index contributed by atoms with van der Waals surface area (Å²) < 4.78 is 0. The topological polar surface area (TPSA) is 0 Å². The molecule has 0 aliphatic carbocycles. The van der Waals surface area contributed by atoms with Gasteiger partial charge in [0.1, 0.15) is 0 Å². The van der Waals surface area contributed by atoms with Gasteiger partial charge in [-0.25, -0.2) is 0 Å². The van der Waals surface area contributed by atoms with Crippen LogP contribution in [0.3, 0.4) is 0 Å². The molecule has 0 aromatic carbocycles. The molecule has 24 valence electrons. The predicted octanol–water partition coefficient (Wildman–Crippen LogP) is -2.79. The van der Waals surface area contributed by atoms with Gasteiger partial charge in [0.2, 0.25) is 0 Å². The zero-order chi connectivity index (χ0) is 0. The van der Waals surface area contributed by atoms with Crippen LogP contribution in [0.5, 0.6) is 0 Å². The minimum absolute atomic E-state index is 0. The number of hydrogen-bond acceptors (Lipinski definition) is 0. The van der Waals surface area contributed by atoms with Crippen LogP contribution in [0.25, 0.3) is 0 Å². The quantitative estimate of drug-likeness (QED) is 0.333. The fraction of sp³-hybridized carbons (Fsp3) is 0. The Balaban J connectivity index is 0. The van der Waals surface area contributed by atoms with Gasteiger partial charge in [-0.15, -0.1) is 0 Å². The van der Waals surface area contributed by atoms with Gasteiger partial charge in [0.05, 0.1) is 0 Å². The van der Waals surface area contributed by atoms with E-state index >= 15 is 0 Å². The molecular formula is H9AlCaCrSi. The Morgan fingerprint density at radius 2 is 1.25 bits per heavy atom. The first kappa shape index (κ1) is 31.1. The zero-order valence-corrected chi connectivity index (χ0v) is 4.60. The molecule has 0 aliphatic rings. The number of hydrogen-bond donors (Lipinski definition) is 0. The van der Waals surface area contributed by atoms with E-state index in [0.717, 1.165) is 0 Å². The summed E-state index contributed by atoms with van der Waals surface area (Å²) in [5.41, 5.74) is 0. The van der Waals surface area contributed by atoms with Crippen LogP contribution >= 0.6 is 0 Å². The molecule has 0 bridgehead atoms. The average molecular weight is 156 g/mol. The third-order valence-corrected chi connectivity index (χ3v) is 0. The van der Waals surface area contributed by atoms with E-state index in [1.165, 1.54) is 0 Å². The summed E-state index contributed by atoms with van der Waals surface area (Å²) in [5, 5.41) is 0. The monoisotopic (exact) mass is 156 g/mol. The van der Waals surface area contributed by atoms with Gasteiger partial charge in [0.15, 0.2) is 17.4 Å². The first-order valence-electron chi connectivity index (χ1n) is 0. The van der Waals surface area contributed by atoms with Crippen molar-refractivity contribution in [3.05, 3.63) is 0 Å². The van der Waals surface area contributed by atoms with Crippen molar-refractivity contribution >= 4 is 66.1 Å². The summed E-state index contributed by atoms with van der Waals surface area (Å²) in [5.74, 6) is 0. The van der Waals surface area contributed by atoms with Crippen LogP contribution < -0.4 is 0 Å². The molecule has 0 N–H and O–H groups in total. The van der Waals surface area contributed by atoms with Crippen LogP contribution in [-0.2, 0) is 17.4 Å². The van der Waals surface area contributed by atoms with Crippen molar-refractivity contribution in [3.63, 3.8) is 0 Å². The second-order valence-electron chi connectivity index (χ2n) is 0. The van der Waals surface area contributed by atoms with Gasteiger partial charge in [-0.3, -0.25) is 0 Å². The van der Waals surface area contributed by atoms with Crippen LogP contribution in [0.2, 0.25) is 0 Å². The third-order valence-electron chi connectivity index (χ3n) is 0. The Labute approximate surface area is 85.0 Å². The largest absolute Gasteiger partial charge is 2.00 e. The molecule has 0 unspecified atom stereocenters. The molecule has 0 saturated carbocycles. The van der Waals surface area contributed by atoms with Gasteiger partial charge in [-0.05, 0) is 11.0 Å². The molecule has 0 fully saturated rings. The maximum Gasteiger partial charge on any atom is 2.00 e. The molecule has 0 rings (SSSR count). The predicted molar refractivity (Wildman–Crippen MR) is 29.3 cm³/mol. The van der Waals surface area contributed by atoms with Gasteiger partial charge in [-0.2, -0.15) is 0 Å². The first-order chi connectivity index (χ1) is 0. The van der Waals surface area contributed by atoms with Crippen molar-refractivity contribution in [1.29, 1.82) is 0 Å². The Kier molecular flexibility index (Phi) is 138. The summed E-state index contributed by atoms with van der Waals surface area (Å²) in [6.45, 7) is 0. The molecule has 0 heterocycles. The summed E-state index contributed by atoms with van der Waals surface area (Å²) in [6.07, 6.45) is 0. The Morgan fingerprint density at radius 3 is 1.25 bits per heavy atom. The van der Waals surface area contributed by atoms with E-state index in [-0.39, 0.29) is 86.3 Å². The fourth-order valence-corrected chi connectivity index (χ4v) is 0. The Bertz CT molecular complexity index is 13.5. The van der Waals surface area contributed by atoms with E-state index in [2.05, 4.69) is 0 Å². The summed E-state index contributed by atoms with van der Waals surface area (Å²) in [4.78, 5) is 0. The van der Waals surface area contributed by atoms with Gasteiger partial charge >= 0.3 is 37.7 Å². The van der Waals surface area contributed by atoms with Crippen molar-refractivity contribution < 1.29 is 20.2 Å². The average Bonchev–Trinajstić information content (AvgIpc) is 0. The van der Waals surface area contributed by atoms with Crippen molar-refractivity contribution in [2.45, 2.75) is 0 Å². The van der Waals surface area contributed by atoms with Crippen LogP contribution in [-0.4, -0.2) is 66.1 Å². The van der Waals surface area contributed by atoms with Gasteiger partial charge in [0.25, 0.3) is 0 Å². The maximum absolute atomic E-state index is 0. The van der Waals surface area contributed by atoms with Crippen molar-refractivity contribution in [3.8, 4) is 0 Å². The van der Waals surface area contributed by atoms with Crippen LogP contribution in [0, 0.1) is 0 Å². The van der Waals surface area contributed by atoms with E-state index < -0.39 is 0 Å². The molecule has 0 spiro atoms. The van der Waals surface area contributed by atoms with E-state index in [1.807, 2.05) is 0 Å². The van der Waals surface area contributed by atoms with E-state index in [9.17, 15) is 0 Å². The van der Waals surface area contributed by atoms with Crippen molar-refractivity contribution in [2.75, 3.05) is 0 Å². The second-order valence-corrected chi connectivity index (χ2v) is 0. The number of rotatable bonds is 0. The summed E-state index contributed by atoms with van der Waals surface area (Å²) in [7, 11) is 0. The molecule has 0 radical (unpaired) electrons. The Hall–Kier alpha value is 2.54. The SMILES string of the molecule is [AlH3].[Ca+2].[Cr].[H-].[H-].[SiH4]. The summed E-state index contributed by atoms with van der Waals surface area (Å²) >= 11 is 0. The first-order valence-corrected chi connectivity index (χ1v) is 0. The third kappa shape index (κ3) is 8.82. The van der Waals surface area contributed by atoms with Gasteiger partial charge in [0, 0.05) is 17.4 Å². The van der Waals surface area contributed by atoms with E-state index in [0.29, 0.717) is 0 Å². The molecule has 0 aromatic heterocycles. The molecule has 0 aromatic rings. The van der Waals surface area contributed by atoms with Crippen molar-refractivity contribution in [2.24, 2.45) is 0 Å². The second kappa shape index (κ2) is 17.7. The summed E-state index contributed by atoms with van der Waals surface area (Å²) in [6, 6.07) is 0. The fourth-order valence-electron chi connectivity index (χ4n) is 0. The normalized spacial score (nSPS) is 0. The van der Waals surface area contributed by atoms with Crippen LogP contribution in [0.1, 0.15) is 2.85 Å². The standard InChI is InChI=1S/Al.Ca.Cr.H4Si.5H/h;;;1H4;;;;;/q;+2;;;;;;2*-1. The molecule has 0 amide bonds. The van der Waals surface area contributed by atoms with E-state index in [4.69, 9.17) is 0 Å². The van der Waals surface area contributed by atoms with Crippen molar-refractivity contribution in [1.82, 2.24) is 0 Å². The Morgan fingerprint density at radius 1 is 1.25 bits per heavy atom. The zero-order valence-electron chi connectivity index (χ0n) is 3.12.